The Morgan fingerprint density at radius 2 is 0.527 bits per heavy atom. The van der Waals surface area contributed by atoms with Crippen molar-refractivity contribution in [3.63, 3.8) is 0 Å². The molecule has 6 nitrogen and oxygen atoms in total. The van der Waals surface area contributed by atoms with Crippen LogP contribution >= 0.6 is 0 Å². The Kier molecular flexibility index (Phi) is 60.7. The molecule has 0 spiro atoms. The van der Waals surface area contributed by atoms with Gasteiger partial charge in [0.2, 0.25) is 0 Å². The first-order valence-electron chi connectivity index (χ1n) is 32.6. The maximum absolute atomic E-state index is 12.9. The number of allylic oxidation sites excluding steroid dienone is 8. The minimum absolute atomic E-state index is 0.0701. The second-order valence-corrected chi connectivity index (χ2v) is 22.0. The summed E-state index contributed by atoms with van der Waals surface area (Å²) >= 11 is 0. The Labute approximate surface area is 460 Å². The zero-order valence-corrected chi connectivity index (χ0v) is 49.6. The second kappa shape index (κ2) is 62.9. The lowest BCUT2D eigenvalue weighted by molar-refractivity contribution is -0.167. The molecule has 0 radical (unpaired) electrons. The van der Waals surface area contributed by atoms with Crippen LogP contribution < -0.4 is 0 Å². The van der Waals surface area contributed by atoms with E-state index in [2.05, 4.69) is 69.4 Å². The molecule has 1 unspecified atom stereocenters. The lowest BCUT2D eigenvalue weighted by atomic mass is 10.0. The number of hydrogen-bond acceptors (Lipinski definition) is 6. The van der Waals surface area contributed by atoms with E-state index < -0.39 is 6.10 Å². The maximum Gasteiger partial charge on any atom is 0.306 e. The number of carbonyl (C=O) groups excluding carboxylic acids is 3. The molecule has 0 aliphatic rings. The van der Waals surface area contributed by atoms with Crippen LogP contribution in [0.5, 0.6) is 0 Å². The fraction of sp³-hybridized carbons (Fsp3) is 0.838. The van der Waals surface area contributed by atoms with Crippen LogP contribution in [-0.4, -0.2) is 37.2 Å². The zero-order chi connectivity index (χ0) is 53.6. The molecule has 0 saturated carbocycles. The average molecular weight is 1040 g/mol. The molecule has 0 N–H and O–H groups in total. The Morgan fingerprint density at radius 3 is 0.824 bits per heavy atom. The molecule has 0 fully saturated rings. The van der Waals surface area contributed by atoms with Crippen LogP contribution in [0.1, 0.15) is 348 Å². The molecule has 74 heavy (non-hydrogen) atoms. The van der Waals surface area contributed by atoms with Gasteiger partial charge in [-0.1, -0.05) is 320 Å². The van der Waals surface area contributed by atoms with Crippen LogP contribution in [0.4, 0.5) is 0 Å². The van der Waals surface area contributed by atoms with E-state index in [9.17, 15) is 14.4 Å². The van der Waals surface area contributed by atoms with Gasteiger partial charge in [-0.25, -0.2) is 0 Å². The molecule has 432 valence electrons. The minimum Gasteiger partial charge on any atom is -0.462 e. The molecule has 0 aromatic heterocycles. The van der Waals surface area contributed by atoms with Gasteiger partial charge in [0.05, 0.1) is 0 Å². The van der Waals surface area contributed by atoms with E-state index in [0.29, 0.717) is 19.3 Å². The molecule has 0 aromatic rings. The molecular formula is C68H124O6. The number of unbranched alkanes of at least 4 members (excludes halogenated alkanes) is 41. The van der Waals surface area contributed by atoms with Gasteiger partial charge in [-0.2, -0.15) is 0 Å². The average Bonchev–Trinajstić information content (AvgIpc) is 3.40. The van der Waals surface area contributed by atoms with E-state index >= 15 is 0 Å². The van der Waals surface area contributed by atoms with Gasteiger partial charge in [0.15, 0.2) is 6.10 Å². The van der Waals surface area contributed by atoms with Gasteiger partial charge >= 0.3 is 17.9 Å². The summed E-state index contributed by atoms with van der Waals surface area (Å²) in [6.07, 6.45) is 78.3. The zero-order valence-electron chi connectivity index (χ0n) is 49.6. The monoisotopic (exact) mass is 1040 g/mol. The topological polar surface area (TPSA) is 78.9 Å². The SMILES string of the molecule is CC/C=C\C/C=C\C/C=C\C/C=C\CCCCCCCCCCC(=O)OCC(COC(=O)CCCCCCCCCCCCCCCCCC)OC(=O)CCCCCCCCCCCCCCCCCCCCC. The predicted octanol–water partition coefficient (Wildman–Crippen LogP) is 22.2. The first-order chi connectivity index (χ1) is 36.5. The largest absolute Gasteiger partial charge is 0.462 e. The summed E-state index contributed by atoms with van der Waals surface area (Å²) < 4.78 is 17.0. The van der Waals surface area contributed by atoms with Crippen LogP contribution in [0.15, 0.2) is 48.6 Å². The molecule has 0 amide bonds. The highest BCUT2D eigenvalue weighted by Crippen LogP contribution is 2.18. The summed E-state index contributed by atoms with van der Waals surface area (Å²) in [7, 11) is 0. The molecule has 0 aliphatic heterocycles. The lowest BCUT2D eigenvalue weighted by Gasteiger charge is -2.18. The third-order valence-electron chi connectivity index (χ3n) is 14.6. The summed E-state index contributed by atoms with van der Waals surface area (Å²) in [5, 5.41) is 0. The molecule has 0 bridgehead atoms. The first kappa shape index (κ1) is 71.4. The minimum atomic E-state index is -0.774. The number of rotatable bonds is 60. The molecule has 0 aromatic carbocycles. The Morgan fingerprint density at radius 1 is 0.284 bits per heavy atom. The van der Waals surface area contributed by atoms with Crippen molar-refractivity contribution < 1.29 is 28.6 Å². The van der Waals surface area contributed by atoms with Gasteiger partial charge < -0.3 is 14.2 Å². The van der Waals surface area contributed by atoms with Crippen LogP contribution in [0.3, 0.4) is 0 Å². The molecule has 0 rings (SSSR count). The summed E-state index contributed by atoms with van der Waals surface area (Å²) in [5.41, 5.74) is 0. The van der Waals surface area contributed by atoms with Crippen molar-refractivity contribution in [3.8, 4) is 0 Å². The number of carbonyl (C=O) groups is 3. The van der Waals surface area contributed by atoms with Gasteiger partial charge in [-0.15, -0.1) is 0 Å². The van der Waals surface area contributed by atoms with E-state index in [-0.39, 0.29) is 31.1 Å². The Balaban J connectivity index is 4.33. The van der Waals surface area contributed by atoms with Crippen LogP contribution in [-0.2, 0) is 28.6 Å². The Hall–Kier alpha value is -2.63. The predicted molar refractivity (Wildman–Crippen MR) is 321 cm³/mol. The standard InChI is InChI=1S/C68H124O6/c1-4-7-10-13-16-19-22-25-28-31-33-34-36-37-40-43-46-49-52-55-58-61-67(70)73-64-65(63-72-66(69)60-57-54-51-48-45-42-39-30-27-24-21-18-15-12-9-6-3)74-68(71)62-59-56-53-50-47-44-41-38-35-32-29-26-23-20-17-14-11-8-5-2/h7,10,16,19,25,28,33-34,65H,4-6,8-9,11-15,17-18,20-24,26-27,29-32,35-64H2,1-3H3/b10-7-,19-16-,28-25-,34-33-. The second-order valence-electron chi connectivity index (χ2n) is 22.0. The van der Waals surface area contributed by atoms with Gasteiger partial charge in [0, 0.05) is 19.3 Å². The highest BCUT2D eigenvalue weighted by molar-refractivity contribution is 5.71. The molecule has 0 saturated heterocycles. The van der Waals surface area contributed by atoms with Crippen LogP contribution in [0.2, 0.25) is 0 Å². The number of ether oxygens (including phenoxy) is 3. The summed E-state index contributed by atoms with van der Waals surface area (Å²) in [5.74, 6) is -0.853. The van der Waals surface area contributed by atoms with Crippen molar-refractivity contribution in [1.82, 2.24) is 0 Å². The molecular weight excluding hydrogens is 913 g/mol. The third-order valence-corrected chi connectivity index (χ3v) is 14.6. The van der Waals surface area contributed by atoms with Crippen molar-refractivity contribution in [2.24, 2.45) is 0 Å². The normalized spacial score (nSPS) is 12.3. The van der Waals surface area contributed by atoms with Crippen molar-refractivity contribution in [3.05, 3.63) is 48.6 Å². The van der Waals surface area contributed by atoms with Crippen molar-refractivity contribution in [2.75, 3.05) is 13.2 Å². The summed E-state index contributed by atoms with van der Waals surface area (Å²) in [4.78, 5) is 38.4. The third kappa shape index (κ3) is 60.2. The van der Waals surface area contributed by atoms with Gasteiger partial charge in [-0.05, 0) is 57.8 Å². The van der Waals surface area contributed by atoms with Gasteiger partial charge in [-0.3, -0.25) is 14.4 Å². The van der Waals surface area contributed by atoms with E-state index in [1.165, 1.54) is 218 Å². The van der Waals surface area contributed by atoms with Crippen molar-refractivity contribution in [1.29, 1.82) is 0 Å². The highest BCUT2D eigenvalue weighted by Gasteiger charge is 2.19. The quantitative estimate of drug-likeness (QED) is 0.0261. The fourth-order valence-electron chi connectivity index (χ4n) is 9.73. The van der Waals surface area contributed by atoms with E-state index in [1.807, 2.05) is 0 Å². The van der Waals surface area contributed by atoms with E-state index in [4.69, 9.17) is 14.2 Å². The van der Waals surface area contributed by atoms with E-state index in [0.717, 1.165) is 89.9 Å². The smallest absolute Gasteiger partial charge is 0.306 e. The van der Waals surface area contributed by atoms with Crippen molar-refractivity contribution in [2.45, 2.75) is 354 Å². The van der Waals surface area contributed by atoms with E-state index in [1.54, 1.807) is 0 Å². The summed E-state index contributed by atoms with van der Waals surface area (Å²) in [6.45, 7) is 6.59. The van der Waals surface area contributed by atoms with Crippen molar-refractivity contribution >= 4 is 17.9 Å². The highest BCUT2D eigenvalue weighted by atomic mass is 16.6. The number of hydrogen-bond donors (Lipinski definition) is 0. The first-order valence-corrected chi connectivity index (χ1v) is 32.6. The molecule has 1 atom stereocenters. The Bertz CT molecular complexity index is 1280. The molecule has 0 aliphatic carbocycles. The van der Waals surface area contributed by atoms with Gasteiger partial charge in [0.25, 0.3) is 0 Å². The van der Waals surface area contributed by atoms with Gasteiger partial charge in [0.1, 0.15) is 13.2 Å². The van der Waals surface area contributed by atoms with Crippen LogP contribution in [0, 0.1) is 0 Å². The molecule has 6 heteroatoms. The van der Waals surface area contributed by atoms with Crippen LogP contribution in [0.25, 0.3) is 0 Å². The number of esters is 3. The fourth-order valence-corrected chi connectivity index (χ4v) is 9.73. The molecule has 0 heterocycles. The maximum atomic E-state index is 12.9. The summed E-state index contributed by atoms with van der Waals surface area (Å²) in [6, 6.07) is 0. The lowest BCUT2D eigenvalue weighted by Crippen LogP contribution is -2.30.